The lowest BCUT2D eigenvalue weighted by molar-refractivity contribution is -0.120. The molecule has 0 heterocycles. The second kappa shape index (κ2) is 5.40. The van der Waals surface area contributed by atoms with Crippen LogP contribution in [-0.2, 0) is 9.53 Å². The van der Waals surface area contributed by atoms with Crippen LogP contribution in [0.4, 0.5) is 4.79 Å². The summed E-state index contributed by atoms with van der Waals surface area (Å²) in [6.45, 7) is 5.09. The van der Waals surface area contributed by atoms with Crippen LogP contribution in [0.5, 0.6) is 0 Å². The zero-order chi connectivity index (χ0) is 11.2. The molecule has 0 rings (SSSR count). The summed E-state index contributed by atoms with van der Waals surface area (Å²) < 4.78 is 4.88. The molecule has 2 amide bonds. The van der Waals surface area contributed by atoms with Crippen LogP contribution in [0.3, 0.4) is 0 Å². The van der Waals surface area contributed by atoms with Gasteiger partial charge < -0.3 is 4.74 Å². The fourth-order valence-electron chi connectivity index (χ4n) is 0.551. The van der Waals surface area contributed by atoms with Gasteiger partial charge in [0.05, 0.1) is 6.54 Å². The van der Waals surface area contributed by atoms with E-state index in [1.807, 2.05) is 5.43 Å². The Morgan fingerprint density at radius 2 is 1.93 bits per heavy atom. The Labute approximate surface area is 82.3 Å². The number of nitrogens with two attached hydrogens (primary N) is 1. The predicted molar refractivity (Wildman–Crippen MR) is 49.7 cm³/mol. The van der Waals surface area contributed by atoms with Gasteiger partial charge in [0, 0.05) is 0 Å². The molecule has 0 aliphatic heterocycles. The number of hydrazine groups is 2. The summed E-state index contributed by atoms with van der Waals surface area (Å²) in [4.78, 5) is 21.6. The zero-order valence-electron chi connectivity index (χ0n) is 8.51. The molecule has 0 aliphatic rings. The van der Waals surface area contributed by atoms with Gasteiger partial charge in [0.1, 0.15) is 5.60 Å². The van der Waals surface area contributed by atoms with Gasteiger partial charge in [-0.25, -0.2) is 16.1 Å². The van der Waals surface area contributed by atoms with E-state index in [9.17, 15) is 9.59 Å². The van der Waals surface area contributed by atoms with Crippen LogP contribution in [0.1, 0.15) is 20.8 Å². The van der Waals surface area contributed by atoms with Crippen LogP contribution in [0.25, 0.3) is 0 Å². The summed E-state index contributed by atoms with van der Waals surface area (Å²) in [5.41, 5.74) is 5.84. The van der Waals surface area contributed by atoms with E-state index in [1.54, 1.807) is 20.8 Å². The number of hydrogen-bond donors (Lipinski definition) is 4. The molecule has 5 N–H and O–H groups in total. The van der Waals surface area contributed by atoms with Gasteiger partial charge in [-0.3, -0.25) is 15.6 Å². The monoisotopic (exact) mass is 204 g/mol. The largest absolute Gasteiger partial charge is 0.443 e. The first-order chi connectivity index (χ1) is 6.35. The van der Waals surface area contributed by atoms with Gasteiger partial charge in [0.15, 0.2) is 0 Å². The molecule has 14 heavy (non-hydrogen) atoms. The van der Waals surface area contributed by atoms with Crippen LogP contribution in [-0.4, -0.2) is 24.1 Å². The second-order valence-electron chi connectivity index (χ2n) is 3.55. The average Bonchev–Trinajstić information content (AvgIpc) is 2.00. The summed E-state index contributed by atoms with van der Waals surface area (Å²) in [6.07, 6.45) is -0.651. The predicted octanol–water partition coefficient (Wildman–Crippen LogP) is -0.994. The van der Waals surface area contributed by atoms with E-state index in [1.165, 1.54) is 0 Å². The SMILES string of the molecule is CC(C)(C)OC(=O)NNCC(=O)NN. The van der Waals surface area contributed by atoms with E-state index in [0.717, 1.165) is 0 Å². The first-order valence-electron chi connectivity index (χ1n) is 4.06. The Hall–Kier alpha value is -1.34. The number of carbonyl (C=O) groups is 2. The third kappa shape index (κ3) is 7.32. The highest BCUT2D eigenvalue weighted by molar-refractivity contribution is 5.77. The standard InChI is InChI=1S/C7H16N4O3/c1-7(2,3)14-6(13)11-9-4-5(12)10-8/h9H,4,8H2,1-3H3,(H,10,12)(H,11,13). The van der Waals surface area contributed by atoms with Crippen molar-refractivity contribution >= 4 is 12.0 Å². The van der Waals surface area contributed by atoms with Crippen molar-refractivity contribution in [3.8, 4) is 0 Å². The van der Waals surface area contributed by atoms with Crippen molar-refractivity contribution in [1.82, 2.24) is 16.3 Å². The van der Waals surface area contributed by atoms with E-state index in [4.69, 9.17) is 10.6 Å². The molecule has 0 atom stereocenters. The van der Waals surface area contributed by atoms with Gasteiger partial charge >= 0.3 is 6.09 Å². The molecule has 0 spiro atoms. The van der Waals surface area contributed by atoms with Gasteiger partial charge in [0.2, 0.25) is 5.91 Å². The van der Waals surface area contributed by atoms with Crippen LogP contribution in [0.2, 0.25) is 0 Å². The number of amides is 2. The maximum atomic E-state index is 11.0. The van der Waals surface area contributed by atoms with Crippen LogP contribution in [0, 0.1) is 0 Å². The maximum Gasteiger partial charge on any atom is 0.422 e. The smallest absolute Gasteiger partial charge is 0.422 e. The third-order valence-electron chi connectivity index (χ3n) is 0.999. The van der Waals surface area contributed by atoms with E-state index >= 15 is 0 Å². The number of ether oxygens (including phenoxy) is 1. The number of nitrogens with one attached hydrogen (secondary N) is 3. The van der Waals surface area contributed by atoms with Crippen molar-refractivity contribution in [1.29, 1.82) is 0 Å². The molecule has 7 nitrogen and oxygen atoms in total. The third-order valence-corrected chi connectivity index (χ3v) is 0.999. The molecule has 0 bridgehead atoms. The molecule has 0 aromatic rings. The van der Waals surface area contributed by atoms with Crippen molar-refractivity contribution in [3.63, 3.8) is 0 Å². The summed E-state index contributed by atoms with van der Waals surface area (Å²) in [5, 5.41) is 0. The summed E-state index contributed by atoms with van der Waals surface area (Å²) >= 11 is 0. The first-order valence-corrected chi connectivity index (χ1v) is 4.06. The number of carbonyl (C=O) groups excluding carboxylic acids is 2. The van der Waals surface area contributed by atoms with Crippen molar-refractivity contribution < 1.29 is 14.3 Å². The molecule has 0 radical (unpaired) electrons. The summed E-state index contributed by atoms with van der Waals surface area (Å²) in [7, 11) is 0. The van der Waals surface area contributed by atoms with E-state index < -0.39 is 17.6 Å². The second-order valence-corrected chi connectivity index (χ2v) is 3.55. The fourth-order valence-corrected chi connectivity index (χ4v) is 0.551. The van der Waals surface area contributed by atoms with E-state index in [-0.39, 0.29) is 6.54 Å². The quantitative estimate of drug-likeness (QED) is 0.268. The highest BCUT2D eigenvalue weighted by atomic mass is 16.6. The minimum Gasteiger partial charge on any atom is -0.443 e. The molecule has 0 aromatic carbocycles. The lowest BCUT2D eigenvalue weighted by atomic mass is 10.2. The number of rotatable bonds is 3. The lowest BCUT2D eigenvalue weighted by Crippen LogP contribution is -2.47. The molecule has 0 aliphatic carbocycles. The van der Waals surface area contributed by atoms with Gasteiger partial charge in [-0.2, -0.15) is 0 Å². The summed E-state index contributed by atoms with van der Waals surface area (Å²) in [6, 6.07) is 0. The number of hydrogen-bond acceptors (Lipinski definition) is 5. The fraction of sp³-hybridized carbons (Fsp3) is 0.714. The normalized spacial score (nSPS) is 10.6. The van der Waals surface area contributed by atoms with Gasteiger partial charge in [0.25, 0.3) is 0 Å². The highest BCUT2D eigenvalue weighted by Crippen LogP contribution is 2.05. The highest BCUT2D eigenvalue weighted by Gasteiger charge is 2.15. The summed E-state index contributed by atoms with van der Waals surface area (Å²) in [5.74, 6) is 4.36. The van der Waals surface area contributed by atoms with Gasteiger partial charge in [-0.15, -0.1) is 0 Å². The van der Waals surface area contributed by atoms with Gasteiger partial charge in [-0.05, 0) is 20.8 Å². The Morgan fingerprint density at radius 1 is 1.36 bits per heavy atom. The van der Waals surface area contributed by atoms with Crippen LogP contribution >= 0.6 is 0 Å². The van der Waals surface area contributed by atoms with Gasteiger partial charge in [-0.1, -0.05) is 0 Å². The van der Waals surface area contributed by atoms with Crippen LogP contribution in [0.15, 0.2) is 0 Å². The van der Waals surface area contributed by atoms with E-state index in [2.05, 4.69) is 10.9 Å². The molecule has 7 heteroatoms. The van der Waals surface area contributed by atoms with Crippen molar-refractivity contribution in [2.45, 2.75) is 26.4 Å². The lowest BCUT2D eigenvalue weighted by Gasteiger charge is -2.19. The molecule has 0 aromatic heterocycles. The van der Waals surface area contributed by atoms with Crippen molar-refractivity contribution in [3.05, 3.63) is 0 Å². The molecule has 0 saturated carbocycles. The molecule has 82 valence electrons. The first kappa shape index (κ1) is 12.7. The molecular formula is C7H16N4O3. The van der Waals surface area contributed by atoms with Crippen molar-refractivity contribution in [2.24, 2.45) is 5.84 Å². The minimum absolute atomic E-state index is 0.115. The topological polar surface area (TPSA) is 105 Å². The minimum atomic E-state index is -0.651. The average molecular weight is 204 g/mol. The van der Waals surface area contributed by atoms with E-state index in [0.29, 0.717) is 0 Å². The Morgan fingerprint density at radius 3 is 2.36 bits per heavy atom. The Bertz CT molecular complexity index is 211. The Balaban J connectivity index is 3.60. The molecule has 0 unspecified atom stereocenters. The van der Waals surface area contributed by atoms with Crippen molar-refractivity contribution in [2.75, 3.05) is 6.54 Å². The molecular weight excluding hydrogens is 188 g/mol. The zero-order valence-corrected chi connectivity index (χ0v) is 8.51. The molecule has 0 saturated heterocycles. The maximum absolute atomic E-state index is 11.0. The Kier molecular flexibility index (Phi) is 4.89. The van der Waals surface area contributed by atoms with Crippen LogP contribution < -0.4 is 22.1 Å². The molecule has 0 fully saturated rings.